The molecule has 1 fully saturated rings. The molecule has 76 valence electrons. The van der Waals surface area contributed by atoms with Gasteiger partial charge in [-0.05, 0) is 0 Å². The minimum absolute atomic E-state index is 0. The second kappa shape index (κ2) is 4.10. The normalized spacial score (nSPS) is 22.0. The molecule has 3 heteroatoms. The van der Waals surface area contributed by atoms with E-state index < -0.39 is 5.79 Å². The summed E-state index contributed by atoms with van der Waals surface area (Å²) in [5, 5.41) is 0. The second-order valence-electron chi connectivity index (χ2n) is 3.95. The Labute approximate surface area is 85.5 Å². The Kier molecular flexibility index (Phi) is 4.25. The second-order valence-corrected chi connectivity index (χ2v) is 3.95. The van der Waals surface area contributed by atoms with E-state index in [4.69, 9.17) is 9.47 Å². The van der Waals surface area contributed by atoms with Crippen LogP contribution in [0.3, 0.4) is 0 Å². The fourth-order valence-corrected chi connectivity index (χ4v) is 1.41. The minimum atomic E-state index is -0.437. The Morgan fingerprint density at radius 2 is 1.67 bits per heavy atom. The van der Waals surface area contributed by atoms with Gasteiger partial charge in [0.2, 0.25) is 0 Å². The van der Waals surface area contributed by atoms with Crippen molar-refractivity contribution in [3.05, 3.63) is 6.92 Å². The third-order valence-corrected chi connectivity index (χ3v) is 2.23. The maximum Gasteiger partial charge on any atom is 1.00 e. The summed E-state index contributed by atoms with van der Waals surface area (Å²) in [5.74, 6) is -0.437. The van der Waals surface area contributed by atoms with Crippen LogP contribution in [0.25, 0.3) is 0 Å². The van der Waals surface area contributed by atoms with Crippen LogP contribution in [0.5, 0.6) is 0 Å². The van der Waals surface area contributed by atoms with E-state index in [9.17, 15) is 0 Å². The van der Waals surface area contributed by atoms with Crippen LogP contribution >= 0.6 is 0 Å². The van der Waals surface area contributed by atoms with Gasteiger partial charge in [0.15, 0.2) is 0 Å². The summed E-state index contributed by atoms with van der Waals surface area (Å²) in [7, 11) is 0. The monoisotopic (exact) mass is 220 g/mol. The van der Waals surface area contributed by atoms with Crippen molar-refractivity contribution in [2.75, 3.05) is 13.2 Å². The predicted octanol–water partition coefficient (Wildman–Crippen LogP) is 2.00. The van der Waals surface area contributed by atoms with Crippen LogP contribution < -0.4 is 0 Å². The Morgan fingerprint density at radius 1 is 1.25 bits per heavy atom. The molecule has 0 aromatic carbocycles. The number of ether oxygens (including phenoxy) is 2. The Hall–Kier alpha value is 0.439. The first-order chi connectivity index (χ1) is 5.02. The summed E-state index contributed by atoms with van der Waals surface area (Å²) in [6, 6.07) is 0. The zero-order valence-corrected chi connectivity index (χ0v) is 8.89. The first-order valence-electron chi connectivity index (χ1n) is 4.09. The zero-order valence-electron chi connectivity index (χ0n) is 7.95. The topological polar surface area (TPSA) is 18.5 Å². The molecule has 1 saturated heterocycles. The van der Waals surface area contributed by atoms with Gasteiger partial charge in [-0.25, -0.2) is 0 Å². The Morgan fingerprint density at radius 3 is 1.83 bits per heavy atom. The average Bonchev–Trinajstić information content (AvgIpc) is 2.33. The van der Waals surface area contributed by atoms with E-state index in [-0.39, 0.29) is 22.5 Å². The van der Waals surface area contributed by atoms with Gasteiger partial charge in [-0.2, -0.15) is 0 Å². The van der Waals surface area contributed by atoms with Gasteiger partial charge in [-0.15, -0.1) is 6.42 Å². The summed E-state index contributed by atoms with van der Waals surface area (Å²) in [5.41, 5.74) is 0.0191. The van der Waals surface area contributed by atoms with E-state index in [2.05, 4.69) is 27.7 Å². The molecule has 0 spiro atoms. The summed E-state index contributed by atoms with van der Waals surface area (Å²) in [6.07, 6.45) is 0.677. The van der Waals surface area contributed by atoms with Gasteiger partial charge in [-0.3, -0.25) is 0 Å². The molecule has 0 amide bonds. The molecule has 0 radical (unpaired) electrons. The van der Waals surface area contributed by atoms with Crippen LogP contribution in [0.1, 0.15) is 27.2 Å². The molecule has 12 heavy (non-hydrogen) atoms. The fourth-order valence-electron chi connectivity index (χ4n) is 1.41. The van der Waals surface area contributed by atoms with Crippen molar-refractivity contribution in [2.45, 2.75) is 33.0 Å². The van der Waals surface area contributed by atoms with Gasteiger partial charge in [0, 0.05) is 5.41 Å². The van der Waals surface area contributed by atoms with E-state index in [1.54, 1.807) is 0 Å². The molecule has 0 atom stereocenters. The van der Waals surface area contributed by atoms with Gasteiger partial charge >= 0.3 is 17.1 Å². The first kappa shape index (κ1) is 12.4. The first-order valence-corrected chi connectivity index (χ1v) is 4.09. The molecule has 1 aliphatic heterocycles. The van der Waals surface area contributed by atoms with E-state index in [0.717, 1.165) is 0 Å². The fraction of sp³-hybridized carbons (Fsp3) is 0.889. The van der Waals surface area contributed by atoms with E-state index in [1.165, 1.54) is 0 Å². The Balaban J connectivity index is 0.00000121. The van der Waals surface area contributed by atoms with Crippen molar-refractivity contribution in [3.63, 3.8) is 0 Å². The molecule has 0 aromatic heterocycles. The molecule has 1 rings (SSSR count). The van der Waals surface area contributed by atoms with Gasteiger partial charge in [-0.1, -0.05) is 20.8 Å². The number of hydrogen-bond acceptors (Lipinski definition) is 2. The third kappa shape index (κ3) is 2.02. The molecule has 2 nitrogen and oxygen atoms in total. The molecule has 1 heterocycles. The molecule has 0 aromatic rings. The van der Waals surface area contributed by atoms with Crippen molar-refractivity contribution < 1.29 is 26.5 Å². The van der Waals surface area contributed by atoms with Crippen molar-refractivity contribution in [2.24, 2.45) is 5.41 Å². The summed E-state index contributed by atoms with van der Waals surface area (Å²) in [6.45, 7) is 11.6. The quantitative estimate of drug-likeness (QED) is 0.497. The van der Waals surface area contributed by atoms with Crippen molar-refractivity contribution in [1.29, 1.82) is 0 Å². The van der Waals surface area contributed by atoms with E-state index >= 15 is 0 Å². The molecular weight excluding hydrogens is 204 g/mol. The number of rotatable bonds is 1. The maximum absolute atomic E-state index is 5.57. The maximum atomic E-state index is 5.57. The smallest absolute Gasteiger partial charge is 0.350 e. The van der Waals surface area contributed by atoms with Gasteiger partial charge in [0.1, 0.15) is 5.79 Å². The van der Waals surface area contributed by atoms with Crippen LogP contribution in [-0.4, -0.2) is 19.0 Å². The summed E-state index contributed by atoms with van der Waals surface area (Å²) < 4.78 is 11.1. The van der Waals surface area contributed by atoms with Crippen LogP contribution in [0.2, 0.25) is 0 Å². The van der Waals surface area contributed by atoms with Gasteiger partial charge in [0.25, 0.3) is 0 Å². The molecule has 1 aliphatic rings. The summed E-state index contributed by atoms with van der Waals surface area (Å²) in [4.78, 5) is 0. The SMILES string of the molecule is [CH2-]CC1(C(C)(C)C)OCCO1.[Cu+]. The van der Waals surface area contributed by atoms with E-state index in [0.29, 0.717) is 19.6 Å². The molecule has 0 unspecified atom stereocenters. The third-order valence-electron chi connectivity index (χ3n) is 2.23. The van der Waals surface area contributed by atoms with Crippen molar-refractivity contribution in [3.8, 4) is 0 Å². The Bertz CT molecular complexity index is 134. The standard InChI is InChI=1S/C9H17O2.Cu/c1-5-9(8(2,3)4)10-6-7-11-9;/h1,5-7H2,2-4H3;/q-1;+1. The molecule has 0 N–H and O–H groups in total. The largest absolute Gasteiger partial charge is 1.00 e. The average molecular weight is 221 g/mol. The molecule has 0 bridgehead atoms. The van der Waals surface area contributed by atoms with Crippen LogP contribution in [0.15, 0.2) is 0 Å². The predicted molar refractivity (Wildman–Crippen MR) is 44.1 cm³/mol. The minimum Gasteiger partial charge on any atom is -0.350 e. The van der Waals surface area contributed by atoms with E-state index in [1.807, 2.05) is 0 Å². The van der Waals surface area contributed by atoms with Crippen LogP contribution in [-0.2, 0) is 26.5 Å². The van der Waals surface area contributed by atoms with Gasteiger partial charge in [0.05, 0.1) is 13.2 Å². The zero-order chi connectivity index (χ0) is 8.54. The van der Waals surface area contributed by atoms with Gasteiger partial charge < -0.3 is 16.4 Å². The molecular formula is C9H17CuO2. The molecule has 0 aliphatic carbocycles. The van der Waals surface area contributed by atoms with Crippen molar-refractivity contribution in [1.82, 2.24) is 0 Å². The van der Waals surface area contributed by atoms with Crippen LogP contribution in [0, 0.1) is 12.3 Å². The van der Waals surface area contributed by atoms with Crippen LogP contribution in [0.4, 0.5) is 0 Å². The molecule has 0 saturated carbocycles. The number of hydrogen-bond donors (Lipinski definition) is 0. The summed E-state index contributed by atoms with van der Waals surface area (Å²) >= 11 is 0. The van der Waals surface area contributed by atoms with Crippen molar-refractivity contribution >= 4 is 0 Å².